The molecule has 4 rings (SSSR count). The monoisotopic (exact) mass is 524 g/mol. The maximum absolute atomic E-state index is 12.9. The molecule has 2 fully saturated rings. The summed E-state index contributed by atoms with van der Waals surface area (Å²) in [7, 11) is 0. The number of hydrogen-bond acceptors (Lipinski definition) is 7. The third-order valence-electron chi connectivity index (χ3n) is 6.06. The lowest BCUT2D eigenvalue weighted by Gasteiger charge is -2.36. The lowest BCUT2D eigenvalue weighted by Crippen LogP contribution is -2.44. The van der Waals surface area contributed by atoms with Crippen molar-refractivity contribution in [2.45, 2.75) is 63.6 Å². The molecule has 1 N–H and O–H groups in total. The minimum absolute atomic E-state index is 0.180. The number of carboxylic acid groups (broad SMARTS) is 1. The first-order chi connectivity index (χ1) is 15.9. The summed E-state index contributed by atoms with van der Waals surface area (Å²) in [6.07, 6.45) is 7.87. The molecule has 33 heavy (non-hydrogen) atoms. The lowest BCUT2D eigenvalue weighted by molar-refractivity contribution is -0.201. The average molecular weight is 525 g/mol. The Balaban J connectivity index is 1.73. The van der Waals surface area contributed by atoms with Crippen LogP contribution < -0.4 is 5.43 Å². The largest absolute Gasteiger partial charge is 0.477 e. The molecular formula is C23H29BrN2O7. The molecule has 2 aliphatic heterocycles. The van der Waals surface area contributed by atoms with Crippen LogP contribution in [0.3, 0.4) is 0 Å². The van der Waals surface area contributed by atoms with Crippen molar-refractivity contribution < 1.29 is 28.8 Å². The highest BCUT2D eigenvalue weighted by Crippen LogP contribution is 2.27. The number of ether oxygens (including phenoxy) is 4. The SMILES string of the molecule is CC(COC1CCCCO1)(COC1CCCCO1)n1cc(C(=O)O)c(=O)c2cc(Br)cnc21. The third-order valence-corrected chi connectivity index (χ3v) is 6.49. The standard InChI is InChI=1S/C23H29BrN2O7/c1-23(13-32-18-6-2-4-8-30-18,14-33-19-7-3-5-9-31-19)26-12-17(22(28)29)20(27)16-10-15(24)11-25-21(16)26/h10-12,18-19H,2-9,13-14H2,1H3,(H,28,29). The van der Waals surface area contributed by atoms with Crippen LogP contribution in [0.25, 0.3) is 11.0 Å². The number of nitrogens with zero attached hydrogens (tertiary/aromatic N) is 2. The predicted octanol–water partition coefficient (Wildman–Crippen LogP) is 3.66. The smallest absolute Gasteiger partial charge is 0.341 e. The maximum atomic E-state index is 12.9. The van der Waals surface area contributed by atoms with Crippen LogP contribution >= 0.6 is 15.9 Å². The molecule has 2 unspecified atom stereocenters. The highest BCUT2D eigenvalue weighted by Gasteiger charge is 2.34. The van der Waals surface area contributed by atoms with Crippen LogP contribution in [0, 0.1) is 0 Å². The number of carboxylic acids is 1. The maximum Gasteiger partial charge on any atom is 0.341 e. The summed E-state index contributed by atoms with van der Waals surface area (Å²) in [5, 5.41) is 9.91. The van der Waals surface area contributed by atoms with Gasteiger partial charge in [0, 0.05) is 30.1 Å². The van der Waals surface area contributed by atoms with E-state index in [9.17, 15) is 14.7 Å². The Bertz CT molecular complexity index is 1020. The first kappa shape index (κ1) is 24.3. The van der Waals surface area contributed by atoms with Crippen molar-refractivity contribution in [3.8, 4) is 0 Å². The number of carbonyl (C=O) groups is 1. The fourth-order valence-electron chi connectivity index (χ4n) is 4.16. The van der Waals surface area contributed by atoms with Gasteiger partial charge in [0.15, 0.2) is 12.6 Å². The minimum atomic E-state index is -1.30. The fourth-order valence-corrected chi connectivity index (χ4v) is 4.49. The minimum Gasteiger partial charge on any atom is -0.477 e. The number of fused-ring (bicyclic) bond motifs is 1. The molecule has 2 atom stereocenters. The van der Waals surface area contributed by atoms with E-state index in [0.29, 0.717) is 23.3 Å². The number of aromatic carboxylic acids is 1. The van der Waals surface area contributed by atoms with E-state index in [1.807, 2.05) is 6.92 Å². The normalized spacial score (nSPS) is 23.3. The van der Waals surface area contributed by atoms with E-state index in [0.717, 1.165) is 38.5 Å². The Morgan fingerprint density at radius 2 is 1.79 bits per heavy atom. The molecule has 2 saturated heterocycles. The molecule has 4 heterocycles. The molecule has 0 radical (unpaired) electrons. The second-order valence-corrected chi connectivity index (χ2v) is 9.70. The van der Waals surface area contributed by atoms with Crippen molar-refractivity contribution in [3.63, 3.8) is 0 Å². The van der Waals surface area contributed by atoms with Crippen molar-refractivity contribution in [1.29, 1.82) is 0 Å². The van der Waals surface area contributed by atoms with Gasteiger partial charge in [-0.3, -0.25) is 4.79 Å². The van der Waals surface area contributed by atoms with Crippen LogP contribution in [0.1, 0.15) is 55.8 Å². The van der Waals surface area contributed by atoms with Gasteiger partial charge in [0.25, 0.3) is 0 Å². The summed E-state index contributed by atoms with van der Waals surface area (Å²) in [6, 6.07) is 1.59. The van der Waals surface area contributed by atoms with Gasteiger partial charge in [-0.05, 0) is 67.4 Å². The lowest BCUT2D eigenvalue weighted by atomic mass is 10.0. The summed E-state index contributed by atoms with van der Waals surface area (Å²) in [5.41, 5.74) is -1.44. The first-order valence-electron chi connectivity index (χ1n) is 11.3. The number of pyridine rings is 2. The Hall–Kier alpha value is -1.85. The predicted molar refractivity (Wildman–Crippen MR) is 123 cm³/mol. The van der Waals surface area contributed by atoms with E-state index in [4.69, 9.17) is 18.9 Å². The Morgan fingerprint density at radius 3 is 2.30 bits per heavy atom. The molecule has 2 aliphatic rings. The molecule has 0 saturated carbocycles. The van der Waals surface area contributed by atoms with Gasteiger partial charge in [0.1, 0.15) is 11.2 Å². The van der Waals surface area contributed by atoms with Crippen molar-refractivity contribution >= 4 is 32.9 Å². The van der Waals surface area contributed by atoms with Crippen molar-refractivity contribution in [3.05, 3.63) is 38.7 Å². The van der Waals surface area contributed by atoms with E-state index >= 15 is 0 Å². The van der Waals surface area contributed by atoms with E-state index in [-0.39, 0.29) is 36.7 Å². The van der Waals surface area contributed by atoms with Crippen LogP contribution in [0.5, 0.6) is 0 Å². The highest BCUT2D eigenvalue weighted by molar-refractivity contribution is 9.10. The molecule has 2 aromatic rings. The first-order valence-corrected chi connectivity index (χ1v) is 12.1. The van der Waals surface area contributed by atoms with Gasteiger partial charge in [-0.25, -0.2) is 9.78 Å². The molecule has 0 bridgehead atoms. The van der Waals surface area contributed by atoms with E-state index < -0.39 is 16.9 Å². The van der Waals surface area contributed by atoms with Gasteiger partial charge in [-0.2, -0.15) is 0 Å². The average Bonchev–Trinajstić information content (AvgIpc) is 2.83. The second-order valence-electron chi connectivity index (χ2n) is 8.78. The van der Waals surface area contributed by atoms with Crippen molar-refractivity contribution in [2.24, 2.45) is 0 Å². The van der Waals surface area contributed by atoms with Crippen molar-refractivity contribution in [1.82, 2.24) is 9.55 Å². The third kappa shape index (κ3) is 5.63. The molecule has 0 aliphatic carbocycles. The fraction of sp³-hybridized carbons (Fsp3) is 0.609. The van der Waals surface area contributed by atoms with E-state index in [1.165, 1.54) is 6.20 Å². The van der Waals surface area contributed by atoms with Gasteiger partial charge in [0.2, 0.25) is 5.43 Å². The second kappa shape index (κ2) is 10.6. The molecule has 10 heteroatoms. The zero-order valence-electron chi connectivity index (χ0n) is 18.6. The number of rotatable bonds is 8. The summed E-state index contributed by atoms with van der Waals surface area (Å²) in [4.78, 5) is 29.2. The van der Waals surface area contributed by atoms with E-state index in [1.54, 1.807) is 16.8 Å². The topological polar surface area (TPSA) is 109 Å². The number of hydrogen-bond donors (Lipinski definition) is 1. The van der Waals surface area contributed by atoms with Gasteiger partial charge in [-0.1, -0.05) is 0 Å². The Kier molecular flexibility index (Phi) is 7.80. The zero-order valence-corrected chi connectivity index (χ0v) is 20.2. The molecule has 0 spiro atoms. The van der Waals surface area contributed by atoms with Gasteiger partial charge in [0.05, 0.1) is 24.1 Å². The summed E-state index contributed by atoms with van der Waals surface area (Å²) in [6.45, 7) is 3.55. The molecule has 0 amide bonds. The number of aromatic nitrogens is 2. The molecule has 2 aromatic heterocycles. The Labute approximate surface area is 200 Å². The highest BCUT2D eigenvalue weighted by atomic mass is 79.9. The van der Waals surface area contributed by atoms with Crippen LogP contribution in [-0.2, 0) is 24.5 Å². The molecule has 9 nitrogen and oxygen atoms in total. The van der Waals surface area contributed by atoms with Crippen LogP contribution in [0.4, 0.5) is 0 Å². The molecule has 0 aromatic carbocycles. The number of halogens is 1. The summed E-state index contributed by atoms with van der Waals surface area (Å²) >= 11 is 3.33. The molecular weight excluding hydrogens is 496 g/mol. The van der Waals surface area contributed by atoms with Gasteiger partial charge >= 0.3 is 5.97 Å². The Morgan fingerprint density at radius 1 is 1.18 bits per heavy atom. The van der Waals surface area contributed by atoms with Gasteiger partial charge < -0.3 is 28.6 Å². The van der Waals surface area contributed by atoms with Crippen LogP contribution in [-0.4, -0.2) is 59.6 Å². The van der Waals surface area contributed by atoms with Crippen LogP contribution in [0.15, 0.2) is 27.7 Å². The summed E-state index contributed by atoms with van der Waals surface area (Å²) < 4.78 is 26.0. The molecule has 180 valence electrons. The van der Waals surface area contributed by atoms with E-state index in [2.05, 4.69) is 20.9 Å². The summed E-state index contributed by atoms with van der Waals surface area (Å²) in [5.74, 6) is -1.30. The van der Waals surface area contributed by atoms with Crippen LogP contribution in [0.2, 0.25) is 0 Å². The van der Waals surface area contributed by atoms with Crippen molar-refractivity contribution in [2.75, 3.05) is 26.4 Å². The zero-order chi connectivity index (χ0) is 23.4. The quantitative estimate of drug-likeness (QED) is 0.557. The van der Waals surface area contributed by atoms with Gasteiger partial charge in [-0.15, -0.1) is 0 Å².